The Labute approximate surface area is 188 Å². The Morgan fingerprint density at radius 2 is 0.806 bits per heavy atom. The molecule has 0 amide bonds. The zero-order valence-electron chi connectivity index (χ0n) is 18.7. The van der Waals surface area contributed by atoms with Gasteiger partial charge in [-0.1, -0.05) is 111 Å². The van der Waals surface area contributed by atoms with Gasteiger partial charge in [0.15, 0.2) is 0 Å². The fraction of sp³-hybridized carbons (Fsp3) is 0.200. The van der Waals surface area contributed by atoms with Crippen molar-refractivity contribution in [1.82, 2.24) is 0 Å². The van der Waals surface area contributed by atoms with Crippen molar-refractivity contribution in [2.45, 2.75) is 39.0 Å². The fourth-order valence-electron chi connectivity index (χ4n) is 4.77. The highest BCUT2D eigenvalue weighted by Crippen LogP contribution is 2.63. The van der Waals surface area contributed by atoms with Gasteiger partial charge in [-0.25, -0.2) is 0 Å². The molecule has 4 aromatic carbocycles. The van der Waals surface area contributed by atoms with E-state index in [2.05, 4.69) is 123 Å². The van der Waals surface area contributed by atoms with Gasteiger partial charge in [0.2, 0.25) is 0 Å². The second-order valence-electron chi connectivity index (χ2n) is 8.22. The maximum absolute atomic E-state index is 2.42. The molecular weight excluding hydrogens is 391 g/mol. The van der Waals surface area contributed by atoms with Crippen LogP contribution in [-0.4, -0.2) is 0 Å². The summed E-state index contributed by atoms with van der Waals surface area (Å²) in [5, 5.41) is 3.15. The molecule has 0 saturated heterocycles. The first-order valence-electron chi connectivity index (χ1n) is 11.4. The first-order chi connectivity index (χ1) is 15.3. The Bertz CT molecular complexity index is 1010. The van der Waals surface area contributed by atoms with E-state index in [1.165, 1.54) is 22.3 Å². The topological polar surface area (TPSA) is 0 Å². The summed E-state index contributed by atoms with van der Waals surface area (Å²) in [6.07, 6.45) is 4.32. The maximum Gasteiger partial charge on any atom is 0.103 e. The molecule has 0 saturated carbocycles. The van der Waals surface area contributed by atoms with Crippen molar-refractivity contribution in [3.63, 3.8) is 0 Å². The molecule has 0 N–H and O–H groups in total. The highest BCUT2D eigenvalue weighted by atomic mass is 31.2. The van der Waals surface area contributed by atoms with E-state index in [-0.39, 0.29) is 0 Å². The Morgan fingerprint density at radius 3 is 1.19 bits per heavy atom. The number of hydrogen-bond donors (Lipinski definition) is 0. The molecule has 1 heteroatoms. The zero-order valence-corrected chi connectivity index (χ0v) is 19.6. The highest BCUT2D eigenvalue weighted by molar-refractivity contribution is 7.88. The Balaban J connectivity index is 2.02. The van der Waals surface area contributed by atoms with Crippen molar-refractivity contribution >= 4 is 17.9 Å². The SMILES string of the molecule is CCc1ccccc1[P+](Cc1ccccc1)(Cc1ccccc1)c1ccccc1CC. The summed E-state index contributed by atoms with van der Waals surface area (Å²) in [5.41, 5.74) is 5.86. The molecule has 0 spiro atoms. The molecule has 0 aliphatic carbocycles. The van der Waals surface area contributed by atoms with Crippen molar-refractivity contribution in [3.05, 3.63) is 131 Å². The van der Waals surface area contributed by atoms with Crippen LogP contribution in [0.5, 0.6) is 0 Å². The molecule has 4 aromatic rings. The molecule has 4 rings (SSSR count). The van der Waals surface area contributed by atoms with Gasteiger partial charge in [0.25, 0.3) is 0 Å². The number of benzene rings is 4. The van der Waals surface area contributed by atoms with Crippen molar-refractivity contribution in [2.24, 2.45) is 0 Å². The van der Waals surface area contributed by atoms with Crippen molar-refractivity contribution in [2.75, 3.05) is 0 Å². The van der Waals surface area contributed by atoms with Crippen molar-refractivity contribution < 1.29 is 0 Å². The Kier molecular flexibility index (Phi) is 7.00. The zero-order chi connectivity index (χ0) is 21.5. The summed E-state index contributed by atoms with van der Waals surface area (Å²) in [6, 6.07) is 40.6. The third kappa shape index (κ3) is 4.65. The molecule has 156 valence electrons. The summed E-state index contributed by atoms with van der Waals surface area (Å²) in [5.74, 6) is 0. The molecular formula is C30H32P+. The number of rotatable bonds is 8. The standard InChI is InChI=1S/C30H32P/c1-3-27-19-11-13-21-29(27)31(23-25-15-7-5-8-16-25,24-26-17-9-6-10-18-26)30-22-14-12-20-28(30)4-2/h5-22H,3-4,23-24H2,1-2H3/q+1. The van der Waals surface area contributed by atoms with Crippen LogP contribution < -0.4 is 10.6 Å². The first kappa shape index (κ1) is 21.5. The van der Waals surface area contributed by atoms with Crippen LogP contribution in [0.2, 0.25) is 0 Å². The van der Waals surface area contributed by atoms with Crippen LogP contribution in [0.3, 0.4) is 0 Å². The van der Waals surface area contributed by atoms with Gasteiger partial charge in [0, 0.05) is 0 Å². The summed E-state index contributed by atoms with van der Waals surface area (Å²) >= 11 is 0. The van der Waals surface area contributed by atoms with Crippen LogP contribution in [0, 0.1) is 0 Å². The molecule has 0 aliphatic heterocycles. The van der Waals surface area contributed by atoms with Gasteiger partial charge in [-0.05, 0) is 47.2 Å². The molecule has 0 nitrogen and oxygen atoms in total. The molecule has 0 radical (unpaired) electrons. The average Bonchev–Trinajstić information content (AvgIpc) is 2.85. The lowest BCUT2D eigenvalue weighted by Gasteiger charge is -2.31. The Morgan fingerprint density at radius 1 is 0.452 bits per heavy atom. The van der Waals surface area contributed by atoms with Crippen LogP contribution in [0.15, 0.2) is 109 Å². The quantitative estimate of drug-likeness (QED) is 0.263. The van der Waals surface area contributed by atoms with Crippen LogP contribution in [0.25, 0.3) is 0 Å². The molecule has 0 unspecified atom stereocenters. The second-order valence-corrected chi connectivity index (χ2v) is 11.8. The van der Waals surface area contributed by atoms with Crippen LogP contribution in [-0.2, 0) is 25.2 Å². The summed E-state index contributed by atoms with van der Waals surface area (Å²) in [6.45, 7) is 4.59. The van der Waals surface area contributed by atoms with Gasteiger partial charge < -0.3 is 0 Å². The average molecular weight is 424 g/mol. The Hall–Kier alpha value is -2.69. The first-order valence-corrected chi connectivity index (χ1v) is 13.5. The highest BCUT2D eigenvalue weighted by Gasteiger charge is 2.45. The molecule has 0 aromatic heterocycles. The second kappa shape index (κ2) is 10.1. The van der Waals surface area contributed by atoms with Gasteiger partial charge in [-0.3, -0.25) is 0 Å². The van der Waals surface area contributed by atoms with E-state index in [0.29, 0.717) is 0 Å². The molecule has 0 aliphatic rings. The van der Waals surface area contributed by atoms with Gasteiger partial charge >= 0.3 is 0 Å². The lowest BCUT2D eigenvalue weighted by Crippen LogP contribution is -2.30. The molecule has 0 fully saturated rings. The lowest BCUT2D eigenvalue weighted by molar-refractivity contribution is 1.14. The van der Waals surface area contributed by atoms with Gasteiger partial charge in [0.05, 0.1) is 19.6 Å². The minimum Gasteiger partial charge on any atom is -0.0622 e. The molecule has 0 heterocycles. The molecule has 0 atom stereocenters. The van der Waals surface area contributed by atoms with Crippen molar-refractivity contribution in [3.8, 4) is 0 Å². The van der Waals surface area contributed by atoms with Crippen LogP contribution in [0.4, 0.5) is 0 Å². The monoisotopic (exact) mass is 423 g/mol. The van der Waals surface area contributed by atoms with E-state index in [1.807, 2.05) is 0 Å². The van der Waals surface area contributed by atoms with Crippen LogP contribution >= 0.6 is 7.26 Å². The number of hydrogen-bond acceptors (Lipinski definition) is 0. The predicted octanol–water partition coefficient (Wildman–Crippen LogP) is 7.18. The minimum absolute atomic E-state index is 1.07. The maximum atomic E-state index is 2.42. The third-order valence-corrected chi connectivity index (χ3v) is 10.8. The van der Waals surface area contributed by atoms with E-state index >= 15 is 0 Å². The lowest BCUT2D eigenvalue weighted by atomic mass is 10.2. The van der Waals surface area contributed by atoms with E-state index in [1.54, 1.807) is 10.6 Å². The summed E-state index contributed by atoms with van der Waals surface area (Å²) in [7, 11) is -1.75. The van der Waals surface area contributed by atoms with Crippen LogP contribution in [0.1, 0.15) is 36.1 Å². The minimum atomic E-state index is -1.75. The van der Waals surface area contributed by atoms with E-state index in [0.717, 1.165) is 25.2 Å². The van der Waals surface area contributed by atoms with Gasteiger partial charge in [-0.15, -0.1) is 0 Å². The van der Waals surface area contributed by atoms with Crippen molar-refractivity contribution in [1.29, 1.82) is 0 Å². The molecule has 0 bridgehead atoms. The summed E-state index contributed by atoms with van der Waals surface area (Å²) in [4.78, 5) is 0. The third-order valence-electron chi connectivity index (χ3n) is 6.26. The normalized spacial score (nSPS) is 11.4. The summed E-state index contributed by atoms with van der Waals surface area (Å²) < 4.78 is 0. The smallest absolute Gasteiger partial charge is 0.0622 e. The largest absolute Gasteiger partial charge is 0.103 e. The van der Waals surface area contributed by atoms with E-state index < -0.39 is 7.26 Å². The van der Waals surface area contributed by atoms with E-state index in [4.69, 9.17) is 0 Å². The van der Waals surface area contributed by atoms with Gasteiger partial charge in [0.1, 0.15) is 10.6 Å². The van der Waals surface area contributed by atoms with E-state index in [9.17, 15) is 0 Å². The van der Waals surface area contributed by atoms with Gasteiger partial charge in [-0.2, -0.15) is 0 Å². The predicted molar refractivity (Wildman–Crippen MR) is 138 cm³/mol. The number of aryl methyl sites for hydroxylation is 2. The molecule has 31 heavy (non-hydrogen) atoms. The fourth-order valence-corrected chi connectivity index (χ4v) is 9.80.